The van der Waals surface area contributed by atoms with Crippen molar-refractivity contribution in [3.63, 3.8) is 0 Å². The number of carboxylic acid groups (broad SMARTS) is 1. The molecule has 4 nitrogen and oxygen atoms in total. The fraction of sp³-hybridized carbons (Fsp3) is 0.923. The van der Waals surface area contributed by atoms with E-state index in [1.165, 1.54) is 0 Å². The molecule has 0 amide bonds. The zero-order valence-corrected chi connectivity index (χ0v) is 12.1. The van der Waals surface area contributed by atoms with Crippen LogP contribution in [0.2, 0.25) is 0 Å². The normalized spacial score (nSPS) is 17.2. The predicted octanol–water partition coefficient (Wildman–Crippen LogP) is 1.81. The van der Waals surface area contributed by atoms with Gasteiger partial charge in [-0.25, -0.2) is 0 Å². The zero-order chi connectivity index (χ0) is 13.6. The van der Waals surface area contributed by atoms with Crippen LogP contribution in [0.15, 0.2) is 0 Å². The number of hydrogen-bond acceptors (Lipinski definition) is 3. The Bertz CT molecular complexity index is 242. The summed E-state index contributed by atoms with van der Waals surface area (Å²) in [4.78, 5) is 13.5. The molecule has 0 rings (SSSR count). The van der Waals surface area contributed by atoms with E-state index in [-0.39, 0.29) is 6.04 Å². The van der Waals surface area contributed by atoms with E-state index in [1.54, 1.807) is 6.92 Å². The fourth-order valence-electron chi connectivity index (χ4n) is 1.97. The lowest BCUT2D eigenvalue weighted by molar-refractivity contribution is -0.145. The Hall–Kier alpha value is -0.610. The second-order valence-electron chi connectivity index (χ2n) is 5.64. The van der Waals surface area contributed by atoms with Crippen molar-refractivity contribution in [2.45, 2.75) is 52.1 Å². The molecule has 0 aliphatic rings. The SMILES string of the molecule is CCCC(C)(NC(CN(C)C)C(C)C)C(=O)O. The Labute approximate surface area is 105 Å². The van der Waals surface area contributed by atoms with Gasteiger partial charge < -0.3 is 10.0 Å². The number of aliphatic carboxylic acids is 1. The third-order valence-corrected chi connectivity index (χ3v) is 3.09. The molecule has 4 heteroatoms. The average molecular weight is 244 g/mol. The molecule has 0 saturated carbocycles. The highest BCUT2D eigenvalue weighted by atomic mass is 16.4. The second kappa shape index (κ2) is 6.97. The summed E-state index contributed by atoms with van der Waals surface area (Å²) in [6.07, 6.45) is 1.52. The fourth-order valence-corrected chi connectivity index (χ4v) is 1.97. The van der Waals surface area contributed by atoms with Crippen molar-refractivity contribution >= 4 is 5.97 Å². The number of carboxylic acids is 1. The predicted molar refractivity (Wildman–Crippen MR) is 71.3 cm³/mol. The standard InChI is InChI=1S/C13H28N2O2/c1-7-8-13(4,12(16)17)14-11(10(2)3)9-15(5)6/h10-11,14H,7-9H2,1-6H3,(H,16,17). The summed E-state index contributed by atoms with van der Waals surface area (Å²) in [5.74, 6) is -0.350. The van der Waals surface area contributed by atoms with Gasteiger partial charge in [0.05, 0.1) is 0 Å². The molecule has 2 atom stereocenters. The maximum atomic E-state index is 11.4. The largest absolute Gasteiger partial charge is 0.480 e. The number of nitrogens with one attached hydrogen (secondary N) is 1. The van der Waals surface area contributed by atoms with Gasteiger partial charge in [0.15, 0.2) is 0 Å². The van der Waals surface area contributed by atoms with Crippen LogP contribution in [0.5, 0.6) is 0 Å². The number of likely N-dealkylation sites (N-methyl/N-ethyl adjacent to an activating group) is 1. The van der Waals surface area contributed by atoms with Crippen molar-refractivity contribution < 1.29 is 9.90 Å². The van der Waals surface area contributed by atoms with Crippen LogP contribution < -0.4 is 5.32 Å². The Morgan fingerprint density at radius 1 is 1.41 bits per heavy atom. The molecular weight excluding hydrogens is 216 g/mol. The van der Waals surface area contributed by atoms with Gasteiger partial charge in [0.1, 0.15) is 5.54 Å². The molecular formula is C13H28N2O2. The van der Waals surface area contributed by atoms with Crippen LogP contribution in [0.25, 0.3) is 0 Å². The third kappa shape index (κ3) is 5.50. The first kappa shape index (κ1) is 16.4. The average Bonchev–Trinajstić information content (AvgIpc) is 2.15. The smallest absolute Gasteiger partial charge is 0.323 e. The van der Waals surface area contributed by atoms with E-state index >= 15 is 0 Å². The first-order valence-corrected chi connectivity index (χ1v) is 6.38. The first-order valence-electron chi connectivity index (χ1n) is 6.38. The summed E-state index contributed by atoms with van der Waals surface area (Å²) in [7, 11) is 4.02. The van der Waals surface area contributed by atoms with E-state index in [0.29, 0.717) is 12.3 Å². The summed E-state index contributed by atoms with van der Waals surface area (Å²) < 4.78 is 0. The summed E-state index contributed by atoms with van der Waals surface area (Å²) in [5.41, 5.74) is -0.820. The molecule has 0 aromatic carbocycles. The van der Waals surface area contributed by atoms with Crippen LogP contribution >= 0.6 is 0 Å². The van der Waals surface area contributed by atoms with Crippen LogP contribution in [0.1, 0.15) is 40.5 Å². The van der Waals surface area contributed by atoms with E-state index in [9.17, 15) is 9.90 Å². The molecule has 0 heterocycles. The Balaban J connectivity index is 4.73. The molecule has 2 N–H and O–H groups in total. The van der Waals surface area contributed by atoms with Crippen LogP contribution in [-0.4, -0.2) is 48.2 Å². The Kier molecular flexibility index (Phi) is 6.72. The lowest BCUT2D eigenvalue weighted by Gasteiger charge is -2.35. The van der Waals surface area contributed by atoms with Crippen molar-refractivity contribution in [1.29, 1.82) is 0 Å². The van der Waals surface area contributed by atoms with Crippen LogP contribution in [0, 0.1) is 5.92 Å². The quantitative estimate of drug-likeness (QED) is 0.683. The van der Waals surface area contributed by atoms with Gasteiger partial charge in [-0.1, -0.05) is 27.2 Å². The molecule has 102 valence electrons. The van der Waals surface area contributed by atoms with E-state index < -0.39 is 11.5 Å². The Morgan fingerprint density at radius 3 is 2.24 bits per heavy atom. The molecule has 0 aromatic rings. The van der Waals surface area contributed by atoms with E-state index in [2.05, 4.69) is 24.1 Å². The molecule has 0 aliphatic heterocycles. The van der Waals surface area contributed by atoms with Crippen molar-refractivity contribution in [2.24, 2.45) is 5.92 Å². The Morgan fingerprint density at radius 2 is 1.94 bits per heavy atom. The highest BCUT2D eigenvalue weighted by Gasteiger charge is 2.35. The third-order valence-electron chi connectivity index (χ3n) is 3.09. The first-order chi connectivity index (χ1) is 7.73. The minimum Gasteiger partial charge on any atom is -0.480 e. The molecule has 0 aromatic heterocycles. The maximum absolute atomic E-state index is 11.4. The highest BCUT2D eigenvalue weighted by molar-refractivity contribution is 5.78. The van der Waals surface area contributed by atoms with Crippen molar-refractivity contribution in [1.82, 2.24) is 10.2 Å². The summed E-state index contributed by atoms with van der Waals surface area (Å²) in [6, 6.07) is 0.192. The summed E-state index contributed by atoms with van der Waals surface area (Å²) in [6.45, 7) is 8.89. The molecule has 0 aliphatic carbocycles. The summed E-state index contributed by atoms with van der Waals surface area (Å²) in [5, 5.41) is 12.7. The van der Waals surface area contributed by atoms with Crippen LogP contribution in [0.3, 0.4) is 0 Å². The molecule has 2 unspecified atom stereocenters. The maximum Gasteiger partial charge on any atom is 0.323 e. The molecule has 0 saturated heterocycles. The molecule has 0 radical (unpaired) electrons. The lowest BCUT2D eigenvalue weighted by Crippen LogP contribution is -2.57. The van der Waals surface area contributed by atoms with Crippen LogP contribution in [-0.2, 0) is 4.79 Å². The number of carbonyl (C=O) groups is 1. The van der Waals surface area contributed by atoms with Gasteiger partial charge in [-0.3, -0.25) is 10.1 Å². The number of hydrogen-bond donors (Lipinski definition) is 2. The van der Waals surface area contributed by atoms with Crippen LogP contribution in [0.4, 0.5) is 0 Å². The molecule has 0 spiro atoms. The monoisotopic (exact) mass is 244 g/mol. The van der Waals surface area contributed by atoms with E-state index in [0.717, 1.165) is 13.0 Å². The molecule has 0 fully saturated rings. The number of nitrogens with zero attached hydrogens (tertiary/aromatic N) is 1. The van der Waals surface area contributed by atoms with Crippen molar-refractivity contribution in [3.05, 3.63) is 0 Å². The molecule has 17 heavy (non-hydrogen) atoms. The highest BCUT2D eigenvalue weighted by Crippen LogP contribution is 2.16. The van der Waals surface area contributed by atoms with E-state index in [1.807, 2.05) is 21.0 Å². The minimum absolute atomic E-state index is 0.192. The van der Waals surface area contributed by atoms with Gasteiger partial charge in [0.2, 0.25) is 0 Å². The van der Waals surface area contributed by atoms with Gasteiger partial charge in [-0.15, -0.1) is 0 Å². The van der Waals surface area contributed by atoms with Gasteiger partial charge in [-0.05, 0) is 33.4 Å². The molecule has 0 bridgehead atoms. The van der Waals surface area contributed by atoms with Crippen molar-refractivity contribution in [3.8, 4) is 0 Å². The minimum atomic E-state index is -0.820. The van der Waals surface area contributed by atoms with Gasteiger partial charge in [-0.2, -0.15) is 0 Å². The topological polar surface area (TPSA) is 52.6 Å². The lowest BCUT2D eigenvalue weighted by atomic mass is 9.92. The summed E-state index contributed by atoms with van der Waals surface area (Å²) >= 11 is 0. The van der Waals surface area contributed by atoms with Gasteiger partial charge >= 0.3 is 5.97 Å². The zero-order valence-electron chi connectivity index (χ0n) is 12.1. The van der Waals surface area contributed by atoms with E-state index in [4.69, 9.17) is 0 Å². The number of rotatable bonds is 8. The van der Waals surface area contributed by atoms with Gasteiger partial charge in [0, 0.05) is 12.6 Å². The van der Waals surface area contributed by atoms with Crippen molar-refractivity contribution in [2.75, 3.05) is 20.6 Å². The second-order valence-corrected chi connectivity index (χ2v) is 5.64. The van der Waals surface area contributed by atoms with Gasteiger partial charge in [0.25, 0.3) is 0 Å².